The second kappa shape index (κ2) is 8.55. The highest BCUT2D eigenvalue weighted by molar-refractivity contribution is 6.30. The first-order valence-corrected chi connectivity index (χ1v) is 8.14. The number of aryl methyl sites for hydroxylation is 2. The molecule has 128 valence electrons. The molecule has 24 heavy (non-hydrogen) atoms. The molecule has 0 spiro atoms. The predicted octanol–water partition coefficient (Wildman–Crippen LogP) is 2.57. The number of ether oxygens (including phenoxy) is 1. The third kappa shape index (κ3) is 5.13. The molecule has 0 bridgehead atoms. The minimum absolute atomic E-state index is 0.0470. The zero-order valence-electron chi connectivity index (χ0n) is 13.8. The summed E-state index contributed by atoms with van der Waals surface area (Å²) in [5.41, 5.74) is 1.69. The van der Waals surface area contributed by atoms with Gasteiger partial charge in [-0.15, -0.1) is 0 Å². The van der Waals surface area contributed by atoms with Gasteiger partial charge < -0.3 is 14.6 Å². The number of hydrogen-bond acceptors (Lipinski definition) is 3. The summed E-state index contributed by atoms with van der Waals surface area (Å²) in [5, 5.41) is 3.50. The number of nitrogens with zero attached hydrogens (tertiary/aromatic N) is 1. The fourth-order valence-corrected chi connectivity index (χ4v) is 2.66. The number of benzene rings is 1. The van der Waals surface area contributed by atoms with E-state index in [4.69, 9.17) is 16.3 Å². The first kappa shape index (κ1) is 18.1. The Balaban J connectivity index is 1.82. The maximum absolute atomic E-state index is 12.0. The summed E-state index contributed by atoms with van der Waals surface area (Å²) in [6.45, 7) is 2.67. The van der Waals surface area contributed by atoms with E-state index in [1.54, 1.807) is 16.7 Å². The molecule has 0 aliphatic carbocycles. The Kier molecular flexibility index (Phi) is 6.44. The van der Waals surface area contributed by atoms with E-state index in [9.17, 15) is 9.59 Å². The number of carbonyl (C=O) groups excluding carboxylic acids is 1. The lowest BCUT2D eigenvalue weighted by atomic mass is 10.1. The predicted molar refractivity (Wildman–Crippen MR) is 94.8 cm³/mol. The van der Waals surface area contributed by atoms with E-state index in [0.29, 0.717) is 36.7 Å². The molecule has 1 N–H and O–H groups in total. The molecule has 0 atom stereocenters. The number of pyridine rings is 1. The molecule has 5 nitrogen and oxygen atoms in total. The molecule has 0 saturated heterocycles. The highest BCUT2D eigenvalue weighted by Crippen LogP contribution is 2.12. The van der Waals surface area contributed by atoms with Gasteiger partial charge in [0.2, 0.25) is 5.91 Å². The van der Waals surface area contributed by atoms with Gasteiger partial charge in [0.05, 0.1) is 7.11 Å². The van der Waals surface area contributed by atoms with Crippen LogP contribution in [0.4, 0.5) is 0 Å². The van der Waals surface area contributed by atoms with Crippen LogP contribution in [0.1, 0.15) is 17.7 Å². The van der Waals surface area contributed by atoms with Crippen LogP contribution < -0.4 is 15.6 Å². The zero-order valence-corrected chi connectivity index (χ0v) is 14.6. The van der Waals surface area contributed by atoms with Gasteiger partial charge in [-0.2, -0.15) is 0 Å². The SMILES string of the molecule is COc1cc(C)n(CCNC(=O)CCc2cccc(Cl)c2)c(=O)c1. The van der Waals surface area contributed by atoms with Gasteiger partial charge in [0.15, 0.2) is 0 Å². The average molecular weight is 349 g/mol. The molecule has 1 amide bonds. The molecular formula is C18H21ClN2O3. The first-order chi connectivity index (χ1) is 11.5. The maximum atomic E-state index is 12.0. The van der Waals surface area contributed by atoms with Crippen LogP contribution in [0.5, 0.6) is 5.75 Å². The van der Waals surface area contributed by atoms with Gasteiger partial charge in [-0.05, 0) is 37.1 Å². The van der Waals surface area contributed by atoms with Gasteiger partial charge in [-0.1, -0.05) is 23.7 Å². The van der Waals surface area contributed by atoms with Crippen molar-refractivity contribution in [1.82, 2.24) is 9.88 Å². The minimum atomic E-state index is -0.139. The van der Waals surface area contributed by atoms with Gasteiger partial charge in [-0.25, -0.2) is 0 Å². The standard InChI is InChI=1S/C18H21ClN2O3/c1-13-10-16(24-2)12-18(23)21(13)9-8-20-17(22)7-6-14-4-3-5-15(19)11-14/h3-5,10-12H,6-9H2,1-2H3,(H,20,22). The van der Waals surface area contributed by atoms with Crippen molar-refractivity contribution in [1.29, 1.82) is 0 Å². The van der Waals surface area contributed by atoms with Crippen molar-refractivity contribution < 1.29 is 9.53 Å². The van der Waals surface area contributed by atoms with Crippen molar-refractivity contribution in [3.8, 4) is 5.75 Å². The fourth-order valence-electron chi connectivity index (χ4n) is 2.45. The molecular weight excluding hydrogens is 328 g/mol. The van der Waals surface area contributed by atoms with Gasteiger partial charge >= 0.3 is 0 Å². The van der Waals surface area contributed by atoms with E-state index in [2.05, 4.69) is 5.32 Å². The van der Waals surface area contributed by atoms with Crippen molar-refractivity contribution in [2.75, 3.05) is 13.7 Å². The van der Waals surface area contributed by atoms with Crippen LogP contribution >= 0.6 is 11.6 Å². The van der Waals surface area contributed by atoms with Crippen LogP contribution in [0.2, 0.25) is 5.02 Å². The van der Waals surface area contributed by atoms with E-state index >= 15 is 0 Å². The van der Waals surface area contributed by atoms with Gasteiger partial charge in [0, 0.05) is 36.3 Å². The second-order valence-electron chi connectivity index (χ2n) is 5.51. The van der Waals surface area contributed by atoms with E-state index in [-0.39, 0.29) is 11.5 Å². The summed E-state index contributed by atoms with van der Waals surface area (Å²) < 4.78 is 6.67. The molecule has 1 heterocycles. The molecule has 6 heteroatoms. The van der Waals surface area contributed by atoms with Crippen LogP contribution in [0, 0.1) is 6.92 Å². The number of aromatic nitrogens is 1. The highest BCUT2D eigenvalue weighted by atomic mass is 35.5. The summed E-state index contributed by atoms with van der Waals surface area (Å²) in [4.78, 5) is 23.9. The molecule has 2 rings (SSSR count). The van der Waals surface area contributed by atoms with Crippen LogP contribution in [0.15, 0.2) is 41.2 Å². The fraction of sp³-hybridized carbons (Fsp3) is 0.333. The number of amides is 1. The third-order valence-electron chi connectivity index (χ3n) is 3.73. The van der Waals surface area contributed by atoms with Crippen molar-refractivity contribution in [3.63, 3.8) is 0 Å². The smallest absolute Gasteiger partial charge is 0.254 e. The molecule has 0 fully saturated rings. The van der Waals surface area contributed by atoms with E-state index < -0.39 is 0 Å². The second-order valence-corrected chi connectivity index (χ2v) is 5.94. The quantitative estimate of drug-likeness (QED) is 0.836. The normalized spacial score (nSPS) is 10.5. The van der Waals surface area contributed by atoms with Crippen LogP contribution in [0.3, 0.4) is 0 Å². The molecule has 0 aliphatic rings. The summed E-state index contributed by atoms with van der Waals surface area (Å²) in [6.07, 6.45) is 1.02. The number of carbonyl (C=O) groups is 1. The summed E-state index contributed by atoms with van der Waals surface area (Å²) >= 11 is 5.92. The summed E-state index contributed by atoms with van der Waals surface area (Å²) in [6, 6.07) is 10.7. The van der Waals surface area contributed by atoms with Crippen molar-refractivity contribution in [2.45, 2.75) is 26.3 Å². The monoisotopic (exact) mass is 348 g/mol. The van der Waals surface area contributed by atoms with E-state index in [0.717, 1.165) is 11.3 Å². The maximum Gasteiger partial charge on any atom is 0.254 e. The van der Waals surface area contributed by atoms with Crippen LogP contribution in [-0.2, 0) is 17.8 Å². The number of halogens is 1. The molecule has 1 aromatic carbocycles. The zero-order chi connectivity index (χ0) is 17.5. The average Bonchev–Trinajstić information content (AvgIpc) is 2.55. The number of hydrogen-bond donors (Lipinski definition) is 1. The van der Waals surface area contributed by atoms with E-state index in [1.807, 2.05) is 25.1 Å². The third-order valence-corrected chi connectivity index (χ3v) is 3.97. The Morgan fingerprint density at radius 2 is 2.08 bits per heavy atom. The van der Waals surface area contributed by atoms with Gasteiger partial charge in [0.1, 0.15) is 5.75 Å². The lowest BCUT2D eigenvalue weighted by molar-refractivity contribution is -0.121. The first-order valence-electron chi connectivity index (χ1n) is 7.76. The Labute approximate surface area is 146 Å². The van der Waals surface area contributed by atoms with Crippen LogP contribution in [0.25, 0.3) is 0 Å². The minimum Gasteiger partial charge on any atom is -0.496 e. The molecule has 0 aliphatic heterocycles. The Morgan fingerprint density at radius 3 is 2.75 bits per heavy atom. The lowest BCUT2D eigenvalue weighted by Gasteiger charge is -2.12. The molecule has 1 aromatic heterocycles. The van der Waals surface area contributed by atoms with E-state index in [1.165, 1.54) is 13.2 Å². The molecule has 0 radical (unpaired) electrons. The Morgan fingerprint density at radius 1 is 1.29 bits per heavy atom. The molecule has 2 aromatic rings. The van der Waals surface area contributed by atoms with Gasteiger partial charge in [0.25, 0.3) is 5.56 Å². The lowest BCUT2D eigenvalue weighted by Crippen LogP contribution is -2.31. The number of rotatable bonds is 7. The summed E-state index contributed by atoms with van der Waals surface area (Å²) in [5.74, 6) is 0.494. The van der Waals surface area contributed by atoms with Gasteiger partial charge in [-0.3, -0.25) is 9.59 Å². The Bertz CT molecular complexity index is 771. The largest absolute Gasteiger partial charge is 0.496 e. The molecule has 0 saturated carbocycles. The topological polar surface area (TPSA) is 60.3 Å². The molecule has 0 unspecified atom stereocenters. The number of methoxy groups -OCH3 is 1. The van der Waals surface area contributed by atoms with Crippen molar-refractivity contribution in [3.05, 3.63) is 63.0 Å². The Hall–Kier alpha value is -2.27. The van der Waals surface area contributed by atoms with Crippen molar-refractivity contribution in [2.24, 2.45) is 0 Å². The summed E-state index contributed by atoms with van der Waals surface area (Å²) in [7, 11) is 1.53. The highest BCUT2D eigenvalue weighted by Gasteiger charge is 2.06. The van der Waals surface area contributed by atoms with Crippen LogP contribution in [-0.4, -0.2) is 24.1 Å². The van der Waals surface area contributed by atoms with Crippen molar-refractivity contribution >= 4 is 17.5 Å². The number of nitrogens with one attached hydrogen (secondary N) is 1.